The molecule has 0 aliphatic heterocycles. The lowest BCUT2D eigenvalue weighted by Gasteiger charge is -2.09. The molecule has 2 aromatic heterocycles. The van der Waals surface area contributed by atoms with Crippen molar-refractivity contribution in [3.63, 3.8) is 0 Å². The predicted octanol–water partition coefficient (Wildman–Crippen LogP) is 2.96. The number of hydrogen-bond acceptors (Lipinski definition) is 5. The topological polar surface area (TPSA) is 97.1 Å². The van der Waals surface area contributed by atoms with E-state index in [0.717, 1.165) is 16.8 Å². The molecular formula is C21H19ClN6O2. The number of halogens is 1. The Morgan fingerprint density at radius 2 is 1.83 bits per heavy atom. The number of imidazole rings is 1. The zero-order valence-corrected chi connectivity index (χ0v) is 17.1. The fourth-order valence-electron chi connectivity index (χ4n) is 3.12. The number of aryl methyl sites for hydroxylation is 1. The summed E-state index contributed by atoms with van der Waals surface area (Å²) >= 11 is 5.98. The number of benzene rings is 2. The Labute approximate surface area is 176 Å². The SMILES string of the molecule is C/C(=N\Nc1nc2c(c(=O)[nH]c(=O)n2C)n1Cc1ccc(Cl)cc1)c1ccccc1. The van der Waals surface area contributed by atoms with Gasteiger partial charge in [0.15, 0.2) is 11.2 Å². The Hall–Kier alpha value is -3.65. The first kappa shape index (κ1) is 19.7. The van der Waals surface area contributed by atoms with Crippen molar-refractivity contribution in [3.8, 4) is 0 Å². The molecule has 0 saturated heterocycles. The number of nitrogens with zero attached hydrogens (tertiary/aromatic N) is 4. The third kappa shape index (κ3) is 3.77. The Balaban J connectivity index is 1.82. The van der Waals surface area contributed by atoms with Crippen LogP contribution in [0.15, 0.2) is 69.3 Å². The highest BCUT2D eigenvalue weighted by molar-refractivity contribution is 6.30. The average molecular weight is 423 g/mol. The molecule has 8 nitrogen and oxygen atoms in total. The van der Waals surface area contributed by atoms with Crippen LogP contribution in [0.25, 0.3) is 11.2 Å². The van der Waals surface area contributed by atoms with Gasteiger partial charge in [0, 0.05) is 12.1 Å². The third-order valence-corrected chi connectivity index (χ3v) is 5.03. The van der Waals surface area contributed by atoms with Crippen molar-refractivity contribution in [1.82, 2.24) is 19.1 Å². The minimum absolute atomic E-state index is 0.271. The van der Waals surface area contributed by atoms with Crippen LogP contribution in [0.2, 0.25) is 5.02 Å². The Bertz CT molecular complexity index is 1350. The standard InChI is InChI=1S/C21H19ClN6O2/c1-13(15-6-4-3-5-7-15)25-26-20-23-18-17(19(29)24-21(30)27(18)2)28(20)12-14-8-10-16(22)11-9-14/h3-11H,12H2,1-2H3,(H,23,26)(H,24,29,30)/b25-13+. The number of H-pyrrole nitrogens is 1. The van der Waals surface area contributed by atoms with Crippen LogP contribution in [0.5, 0.6) is 0 Å². The van der Waals surface area contributed by atoms with Gasteiger partial charge in [0.1, 0.15) is 0 Å². The summed E-state index contributed by atoms with van der Waals surface area (Å²) in [7, 11) is 1.56. The van der Waals surface area contributed by atoms with E-state index in [1.165, 1.54) is 4.57 Å². The lowest BCUT2D eigenvalue weighted by molar-refractivity contribution is 0.808. The molecule has 0 amide bonds. The number of nitrogens with one attached hydrogen (secondary N) is 2. The van der Waals surface area contributed by atoms with E-state index in [2.05, 4.69) is 20.5 Å². The highest BCUT2D eigenvalue weighted by Crippen LogP contribution is 2.19. The van der Waals surface area contributed by atoms with Crippen LogP contribution in [0, 0.1) is 0 Å². The largest absolute Gasteiger partial charge is 0.329 e. The highest BCUT2D eigenvalue weighted by atomic mass is 35.5. The van der Waals surface area contributed by atoms with Crippen molar-refractivity contribution in [2.75, 3.05) is 5.43 Å². The molecule has 152 valence electrons. The summed E-state index contributed by atoms with van der Waals surface area (Å²) in [5.41, 5.74) is 5.09. The molecule has 0 bridgehead atoms. The average Bonchev–Trinajstić information content (AvgIpc) is 3.11. The second-order valence-corrected chi connectivity index (χ2v) is 7.25. The molecule has 4 aromatic rings. The maximum atomic E-state index is 12.6. The van der Waals surface area contributed by atoms with E-state index in [4.69, 9.17) is 11.6 Å². The minimum Gasteiger partial charge on any atom is -0.298 e. The van der Waals surface area contributed by atoms with Crippen molar-refractivity contribution in [2.45, 2.75) is 13.5 Å². The van der Waals surface area contributed by atoms with Gasteiger partial charge in [0.25, 0.3) is 5.56 Å². The third-order valence-electron chi connectivity index (χ3n) is 4.78. The van der Waals surface area contributed by atoms with Gasteiger partial charge < -0.3 is 0 Å². The van der Waals surface area contributed by atoms with Gasteiger partial charge in [-0.2, -0.15) is 10.1 Å². The van der Waals surface area contributed by atoms with Gasteiger partial charge >= 0.3 is 5.69 Å². The molecule has 0 saturated carbocycles. The molecule has 0 fully saturated rings. The summed E-state index contributed by atoms with van der Waals surface area (Å²) < 4.78 is 2.99. The lowest BCUT2D eigenvalue weighted by atomic mass is 10.1. The van der Waals surface area contributed by atoms with E-state index in [9.17, 15) is 9.59 Å². The molecule has 2 N–H and O–H groups in total. The van der Waals surface area contributed by atoms with E-state index < -0.39 is 11.2 Å². The van der Waals surface area contributed by atoms with Gasteiger partial charge in [-0.05, 0) is 30.2 Å². The molecule has 0 radical (unpaired) electrons. The highest BCUT2D eigenvalue weighted by Gasteiger charge is 2.17. The van der Waals surface area contributed by atoms with Crippen LogP contribution >= 0.6 is 11.6 Å². The molecule has 30 heavy (non-hydrogen) atoms. The van der Waals surface area contributed by atoms with Gasteiger partial charge in [-0.1, -0.05) is 54.1 Å². The van der Waals surface area contributed by atoms with Gasteiger partial charge in [-0.25, -0.2) is 10.2 Å². The smallest absolute Gasteiger partial charge is 0.298 e. The second-order valence-electron chi connectivity index (χ2n) is 6.81. The summed E-state index contributed by atoms with van der Waals surface area (Å²) in [6, 6.07) is 17.0. The van der Waals surface area contributed by atoms with Gasteiger partial charge in [0.2, 0.25) is 5.95 Å². The van der Waals surface area contributed by atoms with E-state index >= 15 is 0 Å². The fraction of sp³-hybridized carbons (Fsp3) is 0.143. The fourth-order valence-corrected chi connectivity index (χ4v) is 3.25. The van der Waals surface area contributed by atoms with E-state index in [0.29, 0.717) is 17.5 Å². The quantitative estimate of drug-likeness (QED) is 0.381. The van der Waals surface area contributed by atoms with E-state index in [-0.39, 0.29) is 11.2 Å². The van der Waals surface area contributed by atoms with E-state index in [1.807, 2.05) is 49.4 Å². The number of fused-ring (bicyclic) bond motifs is 1. The van der Waals surface area contributed by atoms with Crippen molar-refractivity contribution >= 4 is 34.4 Å². The molecule has 0 atom stereocenters. The molecule has 4 rings (SSSR count). The summed E-state index contributed by atoms with van der Waals surface area (Å²) in [6.45, 7) is 2.22. The normalized spacial score (nSPS) is 11.8. The number of anilines is 1. The summed E-state index contributed by atoms with van der Waals surface area (Å²) in [6.07, 6.45) is 0. The van der Waals surface area contributed by atoms with Crippen LogP contribution < -0.4 is 16.7 Å². The number of hydrogen-bond donors (Lipinski definition) is 2. The number of rotatable bonds is 5. The maximum Gasteiger partial charge on any atom is 0.329 e. The Kier molecular flexibility index (Phi) is 5.24. The van der Waals surface area contributed by atoms with Crippen LogP contribution in [-0.4, -0.2) is 24.8 Å². The molecular weight excluding hydrogens is 404 g/mol. The van der Waals surface area contributed by atoms with Crippen molar-refractivity contribution in [2.24, 2.45) is 12.1 Å². The first-order valence-corrected chi connectivity index (χ1v) is 9.61. The number of hydrazone groups is 1. The molecule has 0 aliphatic rings. The minimum atomic E-state index is -0.529. The second kappa shape index (κ2) is 8.00. The van der Waals surface area contributed by atoms with Crippen LogP contribution in [0.4, 0.5) is 5.95 Å². The van der Waals surface area contributed by atoms with Crippen molar-refractivity contribution < 1.29 is 0 Å². The van der Waals surface area contributed by atoms with Crippen molar-refractivity contribution in [1.29, 1.82) is 0 Å². The Morgan fingerprint density at radius 3 is 2.53 bits per heavy atom. The van der Waals surface area contributed by atoms with Gasteiger partial charge in [0.05, 0.1) is 12.3 Å². The lowest BCUT2D eigenvalue weighted by Crippen LogP contribution is -2.29. The van der Waals surface area contributed by atoms with Gasteiger partial charge in [-0.15, -0.1) is 0 Å². The van der Waals surface area contributed by atoms with Crippen LogP contribution in [-0.2, 0) is 13.6 Å². The van der Waals surface area contributed by atoms with Crippen LogP contribution in [0.1, 0.15) is 18.1 Å². The molecule has 2 heterocycles. The first-order chi connectivity index (χ1) is 14.4. The predicted molar refractivity (Wildman–Crippen MR) is 118 cm³/mol. The number of aromatic amines is 1. The van der Waals surface area contributed by atoms with Gasteiger partial charge in [-0.3, -0.25) is 18.9 Å². The summed E-state index contributed by atoms with van der Waals surface area (Å²) in [5, 5.41) is 5.04. The number of aromatic nitrogens is 4. The summed E-state index contributed by atoms with van der Waals surface area (Å²) in [5.74, 6) is 0.349. The molecule has 2 aromatic carbocycles. The Morgan fingerprint density at radius 1 is 1.13 bits per heavy atom. The zero-order valence-electron chi connectivity index (χ0n) is 16.4. The van der Waals surface area contributed by atoms with Crippen molar-refractivity contribution in [3.05, 3.63) is 91.6 Å². The van der Waals surface area contributed by atoms with E-state index in [1.54, 1.807) is 23.7 Å². The molecule has 9 heteroatoms. The first-order valence-electron chi connectivity index (χ1n) is 9.24. The summed E-state index contributed by atoms with van der Waals surface area (Å²) in [4.78, 5) is 31.4. The van der Waals surface area contributed by atoms with Crippen LogP contribution in [0.3, 0.4) is 0 Å². The zero-order chi connectivity index (χ0) is 21.3. The monoisotopic (exact) mass is 422 g/mol. The molecule has 0 unspecified atom stereocenters. The molecule has 0 aliphatic carbocycles. The maximum absolute atomic E-state index is 12.6. The molecule has 0 spiro atoms.